The van der Waals surface area contributed by atoms with Crippen molar-refractivity contribution in [1.29, 1.82) is 0 Å². The van der Waals surface area contributed by atoms with Crippen LogP contribution in [0.1, 0.15) is 113 Å². The maximum absolute atomic E-state index is 11.3. The summed E-state index contributed by atoms with van der Waals surface area (Å²) in [6.07, 6.45) is 15.8. The molecule has 0 aromatic heterocycles. The molecule has 3 saturated carbocycles. The Labute approximate surface area is 187 Å². The molecule has 172 valence electrons. The lowest BCUT2D eigenvalue weighted by Crippen LogP contribution is -2.52. The molecule has 0 heterocycles. The first-order valence-corrected chi connectivity index (χ1v) is 13.4. The quantitative estimate of drug-likeness (QED) is 0.451. The Morgan fingerprint density at radius 1 is 1.00 bits per heavy atom. The fourth-order valence-electron chi connectivity index (χ4n) is 9.60. The number of rotatable bonds is 5. The van der Waals surface area contributed by atoms with E-state index in [4.69, 9.17) is 0 Å². The minimum absolute atomic E-state index is 0.0752. The Balaban J connectivity index is 1.57. The lowest BCUT2D eigenvalue weighted by atomic mass is 9.44. The van der Waals surface area contributed by atoms with Crippen LogP contribution in [0.5, 0.6) is 0 Å². The highest BCUT2D eigenvalue weighted by Crippen LogP contribution is 2.68. The van der Waals surface area contributed by atoms with Crippen LogP contribution in [-0.4, -0.2) is 11.2 Å². The number of allylic oxidation sites excluding steroid dienone is 2. The Morgan fingerprint density at radius 2 is 1.73 bits per heavy atom. The molecule has 0 spiro atoms. The van der Waals surface area contributed by atoms with Crippen LogP contribution in [0.25, 0.3) is 0 Å². The monoisotopic (exact) mass is 414 g/mol. The summed E-state index contributed by atoms with van der Waals surface area (Å²) in [7, 11) is 0. The fourth-order valence-corrected chi connectivity index (χ4v) is 9.60. The number of aliphatic hydroxyl groups excluding tert-OH is 1. The zero-order valence-electron chi connectivity index (χ0n) is 21.1. The molecule has 0 amide bonds. The molecule has 0 aliphatic heterocycles. The van der Waals surface area contributed by atoms with Gasteiger partial charge in [-0.1, -0.05) is 85.8 Å². The third kappa shape index (κ3) is 3.54. The molecule has 4 aliphatic rings. The summed E-state index contributed by atoms with van der Waals surface area (Å²) in [5.41, 5.74) is 2.95. The summed E-state index contributed by atoms with van der Waals surface area (Å²) >= 11 is 0. The van der Waals surface area contributed by atoms with Crippen molar-refractivity contribution in [1.82, 2.24) is 0 Å². The summed E-state index contributed by atoms with van der Waals surface area (Å²) in [4.78, 5) is 0. The van der Waals surface area contributed by atoms with Gasteiger partial charge in [0, 0.05) is 0 Å². The van der Waals surface area contributed by atoms with E-state index in [1.54, 1.807) is 5.57 Å². The topological polar surface area (TPSA) is 20.2 Å². The molecular weight excluding hydrogens is 364 g/mol. The van der Waals surface area contributed by atoms with Crippen molar-refractivity contribution in [3.8, 4) is 0 Å². The zero-order valence-corrected chi connectivity index (χ0v) is 21.1. The van der Waals surface area contributed by atoms with Crippen LogP contribution in [0, 0.1) is 51.8 Å². The van der Waals surface area contributed by atoms with Gasteiger partial charge in [0.1, 0.15) is 0 Å². The highest BCUT2D eigenvalue weighted by molar-refractivity contribution is 5.29. The van der Waals surface area contributed by atoms with E-state index in [2.05, 4.69) is 54.5 Å². The first-order valence-electron chi connectivity index (χ1n) is 13.4. The van der Waals surface area contributed by atoms with Crippen LogP contribution >= 0.6 is 0 Å². The molecule has 30 heavy (non-hydrogen) atoms. The van der Waals surface area contributed by atoms with Crippen molar-refractivity contribution < 1.29 is 5.11 Å². The van der Waals surface area contributed by atoms with Gasteiger partial charge in [0.15, 0.2) is 0 Å². The molecule has 1 N–H and O–H groups in total. The predicted octanol–water partition coefficient (Wildman–Crippen LogP) is 8.02. The van der Waals surface area contributed by atoms with Crippen molar-refractivity contribution in [2.24, 2.45) is 51.8 Å². The van der Waals surface area contributed by atoms with Crippen LogP contribution in [0.15, 0.2) is 11.6 Å². The zero-order chi connectivity index (χ0) is 21.9. The summed E-state index contributed by atoms with van der Waals surface area (Å²) < 4.78 is 0. The van der Waals surface area contributed by atoms with Gasteiger partial charge in [-0.25, -0.2) is 0 Å². The average Bonchev–Trinajstić information content (AvgIpc) is 2.91. The van der Waals surface area contributed by atoms with Crippen LogP contribution in [0.2, 0.25) is 0 Å². The first kappa shape index (κ1) is 22.9. The Hall–Kier alpha value is -0.300. The second kappa shape index (κ2) is 7.93. The Kier molecular flexibility index (Phi) is 6.05. The Morgan fingerprint density at radius 3 is 2.43 bits per heavy atom. The molecular formula is C29H50O. The van der Waals surface area contributed by atoms with E-state index in [-0.39, 0.29) is 6.10 Å². The summed E-state index contributed by atoms with van der Waals surface area (Å²) in [6.45, 7) is 17.3. The molecule has 1 heteroatoms. The molecule has 1 nitrogen and oxygen atoms in total. The normalized spacial score (nSPS) is 46.0. The second-order valence-corrected chi connectivity index (χ2v) is 13.6. The van der Waals surface area contributed by atoms with E-state index in [1.165, 1.54) is 57.8 Å². The number of fused-ring (bicyclic) bond motifs is 5. The highest BCUT2D eigenvalue weighted by Gasteiger charge is 2.62. The number of hydrogen-bond donors (Lipinski definition) is 1. The molecule has 0 saturated heterocycles. The molecule has 0 radical (unpaired) electrons. The number of hydrogen-bond acceptors (Lipinski definition) is 1. The first-order chi connectivity index (χ1) is 14.0. The van der Waals surface area contributed by atoms with Crippen LogP contribution < -0.4 is 0 Å². The average molecular weight is 415 g/mol. The molecule has 8 atom stereocenters. The smallest absolute Gasteiger partial charge is 0.0579 e. The van der Waals surface area contributed by atoms with Gasteiger partial charge in [-0.15, -0.1) is 0 Å². The SMILES string of the molecule is CC(C)CCC[C@@H](C)[C@H]1[C@@H](O)C[C@H]2[C@@H]3CC=C4C(C)(C)CCC[C@]4(C)[C@H]3CC[C@]12C. The number of aliphatic hydroxyl groups is 1. The maximum Gasteiger partial charge on any atom is 0.0579 e. The van der Waals surface area contributed by atoms with E-state index >= 15 is 0 Å². The van der Waals surface area contributed by atoms with Crippen LogP contribution in [-0.2, 0) is 0 Å². The largest absolute Gasteiger partial charge is 0.393 e. The van der Waals surface area contributed by atoms with Gasteiger partial charge in [0.25, 0.3) is 0 Å². The van der Waals surface area contributed by atoms with Gasteiger partial charge in [-0.3, -0.25) is 0 Å². The maximum atomic E-state index is 11.3. The molecule has 0 aromatic carbocycles. The van der Waals surface area contributed by atoms with E-state index in [0.717, 1.165) is 30.1 Å². The van der Waals surface area contributed by atoms with E-state index in [9.17, 15) is 5.11 Å². The predicted molar refractivity (Wildman–Crippen MR) is 128 cm³/mol. The van der Waals surface area contributed by atoms with Crippen molar-refractivity contribution in [2.45, 2.75) is 119 Å². The highest BCUT2D eigenvalue weighted by atomic mass is 16.3. The second-order valence-electron chi connectivity index (χ2n) is 13.6. The van der Waals surface area contributed by atoms with Gasteiger partial charge in [-0.2, -0.15) is 0 Å². The summed E-state index contributed by atoms with van der Waals surface area (Å²) in [5, 5.41) is 11.3. The van der Waals surface area contributed by atoms with Gasteiger partial charge in [0.05, 0.1) is 6.10 Å². The van der Waals surface area contributed by atoms with Crippen molar-refractivity contribution >= 4 is 0 Å². The molecule has 0 unspecified atom stereocenters. The van der Waals surface area contributed by atoms with Crippen LogP contribution in [0.3, 0.4) is 0 Å². The van der Waals surface area contributed by atoms with Crippen molar-refractivity contribution in [3.05, 3.63) is 11.6 Å². The van der Waals surface area contributed by atoms with Gasteiger partial charge in [0.2, 0.25) is 0 Å². The molecule has 4 rings (SSSR count). The van der Waals surface area contributed by atoms with E-state index in [0.29, 0.717) is 28.1 Å². The van der Waals surface area contributed by atoms with Gasteiger partial charge < -0.3 is 5.11 Å². The van der Waals surface area contributed by atoms with Crippen LogP contribution in [0.4, 0.5) is 0 Å². The molecule has 3 fully saturated rings. The third-order valence-corrected chi connectivity index (χ3v) is 10.9. The van der Waals surface area contributed by atoms with Gasteiger partial charge in [-0.05, 0) is 90.3 Å². The van der Waals surface area contributed by atoms with Crippen molar-refractivity contribution in [3.63, 3.8) is 0 Å². The summed E-state index contributed by atoms with van der Waals surface area (Å²) in [5.74, 6) is 4.34. The van der Waals surface area contributed by atoms with E-state index < -0.39 is 0 Å². The minimum Gasteiger partial charge on any atom is -0.393 e. The lowest BCUT2D eigenvalue weighted by molar-refractivity contribution is -0.0627. The molecule has 4 aliphatic carbocycles. The van der Waals surface area contributed by atoms with Gasteiger partial charge >= 0.3 is 0 Å². The third-order valence-electron chi connectivity index (χ3n) is 10.9. The van der Waals surface area contributed by atoms with Crippen molar-refractivity contribution in [2.75, 3.05) is 0 Å². The minimum atomic E-state index is -0.0752. The lowest BCUT2D eigenvalue weighted by Gasteiger charge is -2.60. The van der Waals surface area contributed by atoms with E-state index in [1.807, 2.05) is 0 Å². The fraction of sp³-hybridized carbons (Fsp3) is 0.931. The molecule has 0 aromatic rings. The molecule has 0 bridgehead atoms. The Bertz CT molecular complexity index is 659. The summed E-state index contributed by atoms with van der Waals surface area (Å²) in [6, 6.07) is 0. The standard InChI is InChI=1S/C29H50O/c1-19(2)10-8-11-20(3)26-24(30)18-23-21-12-13-25-27(4,5)15-9-16-28(25,6)22(21)14-17-29(23,26)7/h13,19-24,26,30H,8-12,14-18H2,1-7H3/t20-,21-,22+,23+,24+,26+,28-,29+/m1/s1.